The van der Waals surface area contributed by atoms with E-state index >= 15 is 0 Å². The Kier molecular flexibility index (Phi) is 6.16. The van der Waals surface area contributed by atoms with E-state index in [0.717, 1.165) is 16.8 Å². The van der Waals surface area contributed by atoms with E-state index in [4.69, 9.17) is 21.1 Å². The van der Waals surface area contributed by atoms with E-state index in [1.54, 1.807) is 37.0 Å². The Bertz CT molecular complexity index is 1020. The molecule has 1 aromatic heterocycles. The normalized spacial score (nSPS) is 11.0. The number of allylic oxidation sites excluding steroid dienone is 1. The van der Waals surface area contributed by atoms with Gasteiger partial charge in [0.15, 0.2) is 0 Å². The number of ether oxygens (including phenoxy) is 2. The molecule has 0 radical (unpaired) electrons. The highest BCUT2D eigenvalue weighted by atomic mass is 35.5. The number of carbonyl (C=O) groups excluding carboxylic acids is 1. The van der Waals surface area contributed by atoms with Crippen LogP contribution in [-0.4, -0.2) is 22.7 Å². The van der Waals surface area contributed by atoms with Gasteiger partial charge in [-0.1, -0.05) is 35.9 Å². The first-order chi connectivity index (χ1) is 13.5. The first kappa shape index (κ1) is 19.7. The molecule has 0 saturated carbocycles. The van der Waals surface area contributed by atoms with Gasteiger partial charge in [0.2, 0.25) is 5.78 Å². The summed E-state index contributed by atoms with van der Waals surface area (Å²) >= 11 is 6.14. The maximum atomic E-state index is 12.4. The number of para-hydroxylation sites is 1. The number of aromatic nitrogens is 2. The number of hydrogen-bond acceptors (Lipinski definition) is 4. The maximum absolute atomic E-state index is 12.4. The maximum Gasteiger partial charge on any atom is 0.203 e. The number of methoxy groups -OCH3 is 1. The average Bonchev–Trinajstić information content (AvgIpc) is 3.03. The fraction of sp³-hybridized carbons (Fsp3) is 0.182. The van der Waals surface area contributed by atoms with Crippen molar-refractivity contribution in [1.82, 2.24) is 9.78 Å². The van der Waals surface area contributed by atoms with E-state index in [-0.39, 0.29) is 5.78 Å². The van der Waals surface area contributed by atoms with Gasteiger partial charge in [-0.05, 0) is 48.9 Å². The summed E-state index contributed by atoms with van der Waals surface area (Å²) in [5, 5.41) is 4.75. The Morgan fingerprint density at radius 1 is 1.18 bits per heavy atom. The van der Waals surface area contributed by atoms with Gasteiger partial charge in [-0.15, -0.1) is 0 Å². The fourth-order valence-electron chi connectivity index (χ4n) is 2.83. The van der Waals surface area contributed by atoms with Crippen LogP contribution in [0.4, 0.5) is 0 Å². The van der Waals surface area contributed by atoms with E-state index in [0.29, 0.717) is 28.8 Å². The zero-order valence-electron chi connectivity index (χ0n) is 16.0. The molecule has 0 amide bonds. The van der Waals surface area contributed by atoms with Crippen molar-refractivity contribution in [1.29, 1.82) is 0 Å². The van der Waals surface area contributed by atoms with Gasteiger partial charge in [0.05, 0.1) is 17.8 Å². The zero-order chi connectivity index (χ0) is 20.1. The average molecular weight is 397 g/mol. The lowest BCUT2D eigenvalue weighted by molar-refractivity contribution is 0.103. The van der Waals surface area contributed by atoms with Crippen molar-refractivity contribution in [2.75, 3.05) is 7.11 Å². The lowest BCUT2D eigenvalue weighted by atomic mass is 10.1. The van der Waals surface area contributed by atoms with Gasteiger partial charge in [-0.3, -0.25) is 9.48 Å². The summed E-state index contributed by atoms with van der Waals surface area (Å²) in [5.41, 5.74) is 3.08. The summed E-state index contributed by atoms with van der Waals surface area (Å²) in [6, 6.07) is 14.7. The number of carbonyl (C=O) groups is 1. The van der Waals surface area contributed by atoms with Crippen LogP contribution in [0.1, 0.15) is 27.3 Å². The summed E-state index contributed by atoms with van der Waals surface area (Å²) in [6.45, 7) is 2.15. The molecule has 0 saturated heterocycles. The van der Waals surface area contributed by atoms with E-state index < -0.39 is 0 Å². The Labute approximate surface area is 169 Å². The number of ketones is 1. The quantitative estimate of drug-likeness (QED) is 0.422. The van der Waals surface area contributed by atoms with Crippen molar-refractivity contribution < 1.29 is 14.3 Å². The highest BCUT2D eigenvalue weighted by molar-refractivity contribution is 6.32. The Morgan fingerprint density at radius 2 is 1.96 bits per heavy atom. The summed E-state index contributed by atoms with van der Waals surface area (Å²) in [7, 11) is 3.36. The molecule has 3 aromatic rings. The molecule has 144 valence electrons. The third kappa shape index (κ3) is 4.61. The molecule has 0 N–H and O–H groups in total. The Morgan fingerprint density at radius 3 is 2.64 bits per heavy atom. The van der Waals surface area contributed by atoms with E-state index in [9.17, 15) is 4.79 Å². The number of aryl methyl sites for hydroxylation is 2. The highest BCUT2D eigenvalue weighted by Crippen LogP contribution is 2.27. The van der Waals surface area contributed by atoms with Crippen LogP contribution >= 0.6 is 11.6 Å². The van der Waals surface area contributed by atoms with Gasteiger partial charge < -0.3 is 9.47 Å². The SMILES string of the molecule is COc1ccc(/C=C/C(=O)c2cc(C)nn2C)cc1COc1ccccc1Cl. The number of benzene rings is 2. The Balaban J connectivity index is 1.77. The molecule has 28 heavy (non-hydrogen) atoms. The van der Waals surface area contributed by atoms with Gasteiger partial charge >= 0.3 is 0 Å². The first-order valence-electron chi connectivity index (χ1n) is 8.75. The predicted molar refractivity (Wildman–Crippen MR) is 110 cm³/mol. The van der Waals surface area contributed by atoms with Crippen molar-refractivity contribution in [3.8, 4) is 11.5 Å². The fourth-order valence-corrected chi connectivity index (χ4v) is 3.02. The lowest BCUT2D eigenvalue weighted by Gasteiger charge is -2.12. The summed E-state index contributed by atoms with van der Waals surface area (Å²) in [5.74, 6) is 1.21. The molecule has 6 heteroatoms. The molecular weight excluding hydrogens is 376 g/mol. The molecule has 5 nitrogen and oxygen atoms in total. The molecule has 0 fully saturated rings. The van der Waals surface area contributed by atoms with Crippen molar-refractivity contribution in [2.24, 2.45) is 7.05 Å². The summed E-state index contributed by atoms with van der Waals surface area (Å²) in [6.07, 6.45) is 3.31. The second-order valence-corrected chi connectivity index (χ2v) is 6.69. The van der Waals surface area contributed by atoms with Crippen molar-refractivity contribution in [3.63, 3.8) is 0 Å². The number of halogens is 1. The van der Waals surface area contributed by atoms with Crippen molar-refractivity contribution in [3.05, 3.63) is 82.1 Å². The summed E-state index contributed by atoms with van der Waals surface area (Å²) in [4.78, 5) is 12.4. The molecule has 0 atom stereocenters. The van der Waals surface area contributed by atoms with Crippen molar-refractivity contribution >= 4 is 23.5 Å². The number of rotatable bonds is 7. The third-order valence-corrected chi connectivity index (χ3v) is 4.52. The minimum Gasteiger partial charge on any atom is -0.496 e. The second-order valence-electron chi connectivity index (χ2n) is 6.28. The van der Waals surface area contributed by atoms with Crippen LogP contribution in [0.2, 0.25) is 5.02 Å². The number of hydrogen-bond donors (Lipinski definition) is 0. The van der Waals surface area contributed by atoms with Crippen LogP contribution in [0.5, 0.6) is 11.5 Å². The molecule has 0 aliphatic carbocycles. The van der Waals surface area contributed by atoms with Crippen molar-refractivity contribution in [2.45, 2.75) is 13.5 Å². The van der Waals surface area contributed by atoms with Gasteiger partial charge in [0.25, 0.3) is 0 Å². The lowest BCUT2D eigenvalue weighted by Crippen LogP contribution is -2.04. The standard InChI is InChI=1S/C22H21ClN2O3/c1-15-12-19(25(2)24-15)20(26)10-8-16-9-11-21(27-3)17(13-16)14-28-22-7-5-4-6-18(22)23/h4-13H,14H2,1-3H3/b10-8+. The van der Waals surface area contributed by atoms with E-state index in [1.807, 2.05) is 43.3 Å². The summed E-state index contributed by atoms with van der Waals surface area (Å²) < 4.78 is 12.8. The second kappa shape index (κ2) is 8.76. The smallest absolute Gasteiger partial charge is 0.203 e. The molecule has 3 rings (SSSR count). The molecule has 0 unspecified atom stereocenters. The van der Waals surface area contributed by atoms with Gasteiger partial charge in [-0.2, -0.15) is 5.10 Å². The minimum absolute atomic E-state index is 0.104. The molecule has 0 bridgehead atoms. The van der Waals surface area contributed by atoms with Crippen LogP contribution in [-0.2, 0) is 13.7 Å². The molecule has 1 heterocycles. The molecule has 0 aliphatic rings. The van der Waals surface area contributed by atoms with E-state index in [1.165, 1.54) is 6.08 Å². The molecule has 2 aromatic carbocycles. The highest BCUT2D eigenvalue weighted by Gasteiger charge is 2.10. The third-order valence-electron chi connectivity index (χ3n) is 4.21. The molecular formula is C22H21ClN2O3. The monoisotopic (exact) mass is 396 g/mol. The molecule has 0 aliphatic heterocycles. The first-order valence-corrected chi connectivity index (χ1v) is 9.13. The van der Waals surface area contributed by atoms with Gasteiger partial charge in [0.1, 0.15) is 23.8 Å². The van der Waals surface area contributed by atoms with Crippen LogP contribution in [0.25, 0.3) is 6.08 Å². The van der Waals surface area contributed by atoms with Crippen LogP contribution in [0.15, 0.2) is 54.6 Å². The van der Waals surface area contributed by atoms with Crippen LogP contribution < -0.4 is 9.47 Å². The molecule has 0 spiro atoms. The number of nitrogens with zero attached hydrogens (tertiary/aromatic N) is 2. The largest absolute Gasteiger partial charge is 0.496 e. The van der Waals surface area contributed by atoms with Crippen LogP contribution in [0.3, 0.4) is 0 Å². The topological polar surface area (TPSA) is 53.3 Å². The predicted octanol–water partition coefficient (Wildman–Crippen LogP) is 4.87. The van der Waals surface area contributed by atoms with Crippen LogP contribution in [0, 0.1) is 6.92 Å². The van der Waals surface area contributed by atoms with E-state index in [2.05, 4.69) is 5.10 Å². The zero-order valence-corrected chi connectivity index (χ0v) is 16.7. The van der Waals surface area contributed by atoms with Gasteiger partial charge in [-0.25, -0.2) is 0 Å². The minimum atomic E-state index is -0.104. The van der Waals surface area contributed by atoms with Gasteiger partial charge in [0, 0.05) is 12.6 Å². The Hall–Kier alpha value is -3.05.